The number of hydrogen-bond donors (Lipinski definition) is 0. The Hall–Kier alpha value is -4.21. The van der Waals surface area contributed by atoms with Crippen LogP contribution in [0.15, 0.2) is 55.2 Å². The summed E-state index contributed by atoms with van der Waals surface area (Å²) in [4.78, 5) is 37.6. The number of fused-ring (bicyclic) bond motifs is 2. The highest BCUT2D eigenvalue weighted by atomic mass is 16.5. The number of carbonyl (C=O) groups is 1. The second kappa shape index (κ2) is 10.5. The Morgan fingerprint density at radius 2 is 1.87 bits per heavy atom. The maximum absolute atomic E-state index is 13.3. The molecule has 4 aromatic rings. The number of anilines is 2. The Morgan fingerprint density at radius 3 is 2.67 bits per heavy atom. The van der Waals surface area contributed by atoms with Crippen molar-refractivity contribution in [1.29, 1.82) is 0 Å². The Morgan fingerprint density at radius 1 is 1.03 bits per heavy atom. The van der Waals surface area contributed by atoms with Crippen LogP contribution in [0.1, 0.15) is 31.9 Å². The Kier molecular flexibility index (Phi) is 6.76. The topological polar surface area (TPSA) is 92.5 Å². The van der Waals surface area contributed by atoms with Crippen molar-refractivity contribution in [2.75, 3.05) is 36.0 Å². The molecule has 0 unspecified atom stereocenters. The van der Waals surface area contributed by atoms with Gasteiger partial charge in [-0.2, -0.15) is 0 Å². The summed E-state index contributed by atoms with van der Waals surface area (Å²) in [7, 11) is 0. The maximum Gasteiger partial charge on any atom is 0.316 e. The highest BCUT2D eigenvalue weighted by molar-refractivity contribution is 5.79. The van der Waals surface area contributed by atoms with Crippen LogP contribution in [0.2, 0.25) is 0 Å². The van der Waals surface area contributed by atoms with Crippen LogP contribution in [0.3, 0.4) is 0 Å². The molecule has 202 valence electrons. The summed E-state index contributed by atoms with van der Waals surface area (Å²) in [5, 5.41) is 0. The summed E-state index contributed by atoms with van der Waals surface area (Å²) in [5.74, 6) is 0.0956. The van der Waals surface area contributed by atoms with Gasteiger partial charge in [-0.3, -0.25) is 4.79 Å². The zero-order valence-corrected chi connectivity index (χ0v) is 22.7. The van der Waals surface area contributed by atoms with Crippen molar-refractivity contribution in [2.24, 2.45) is 0 Å². The third-order valence-corrected chi connectivity index (χ3v) is 7.54. The van der Waals surface area contributed by atoms with Crippen LogP contribution in [0.5, 0.6) is 6.01 Å². The molecule has 0 spiro atoms. The van der Waals surface area contributed by atoms with E-state index < -0.39 is 0 Å². The van der Waals surface area contributed by atoms with E-state index in [1.807, 2.05) is 47.8 Å². The molecule has 10 heteroatoms. The summed E-state index contributed by atoms with van der Waals surface area (Å²) in [5.41, 5.74) is 6.52. The monoisotopic (exact) mass is 526 g/mol. The maximum atomic E-state index is 13.3. The first-order chi connectivity index (χ1) is 19.0. The van der Waals surface area contributed by atoms with Gasteiger partial charge in [-0.1, -0.05) is 12.1 Å². The fourth-order valence-electron chi connectivity index (χ4n) is 5.62. The largest absolute Gasteiger partial charge is 0.461 e. The number of ether oxygens (including phenoxy) is 1. The minimum Gasteiger partial charge on any atom is -0.461 e. The molecule has 0 saturated carbocycles. The predicted molar refractivity (Wildman–Crippen MR) is 150 cm³/mol. The normalized spacial score (nSPS) is 17.5. The molecule has 10 nitrogen and oxygen atoms in total. The van der Waals surface area contributed by atoms with Crippen molar-refractivity contribution >= 4 is 28.4 Å². The van der Waals surface area contributed by atoms with Gasteiger partial charge in [-0.15, -0.1) is 0 Å². The second-order valence-corrected chi connectivity index (χ2v) is 10.6. The van der Waals surface area contributed by atoms with Gasteiger partial charge in [0, 0.05) is 50.6 Å². The Labute approximate surface area is 228 Å². The highest BCUT2D eigenvalue weighted by Crippen LogP contribution is 2.32. The van der Waals surface area contributed by atoms with E-state index in [1.54, 1.807) is 12.5 Å². The second-order valence-electron chi connectivity index (χ2n) is 10.6. The molecule has 1 saturated heterocycles. The fraction of sp³-hybridized carbons (Fsp3) is 0.414. The highest BCUT2D eigenvalue weighted by Gasteiger charge is 2.30. The Bertz CT molecular complexity index is 1470. The molecular weight excluding hydrogens is 492 g/mol. The lowest BCUT2D eigenvalue weighted by Crippen LogP contribution is -2.55. The van der Waals surface area contributed by atoms with E-state index in [1.165, 1.54) is 16.8 Å². The number of benzene rings is 1. The summed E-state index contributed by atoms with van der Waals surface area (Å²) < 4.78 is 7.45. The summed E-state index contributed by atoms with van der Waals surface area (Å²) in [6.45, 7) is 10.3. The van der Waals surface area contributed by atoms with Crippen LogP contribution in [-0.2, 0) is 24.3 Å². The van der Waals surface area contributed by atoms with E-state index in [4.69, 9.17) is 4.74 Å². The minimum absolute atomic E-state index is 0.0428. The lowest BCUT2D eigenvalue weighted by atomic mass is 9.96. The molecule has 39 heavy (non-hydrogen) atoms. The van der Waals surface area contributed by atoms with Crippen molar-refractivity contribution in [3.63, 3.8) is 0 Å². The van der Waals surface area contributed by atoms with E-state index in [2.05, 4.69) is 54.9 Å². The molecule has 3 aromatic heterocycles. The van der Waals surface area contributed by atoms with E-state index in [9.17, 15) is 4.79 Å². The molecular formula is C29H34N8O2. The van der Waals surface area contributed by atoms with Crippen LogP contribution in [0, 0.1) is 0 Å². The lowest BCUT2D eigenvalue weighted by molar-refractivity contribution is -0.134. The van der Waals surface area contributed by atoms with Gasteiger partial charge in [-0.05, 0) is 56.5 Å². The van der Waals surface area contributed by atoms with Crippen LogP contribution in [-0.4, -0.2) is 73.6 Å². The number of pyridine rings is 1. The summed E-state index contributed by atoms with van der Waals surface area (Å²) in [6, 6.07) is 10.9. The van der Waals surface area contributed by atoms with Gasteiger partial charge in [0.2, 0.25) is 5.91 Å². The quantitative estimate of drug-likeness (QED) is 0.378. The van der Waals surface area contributed by atoms with E-state index in [0.717, 1.165) is 49.5 Å². The molecule has 0 bridgehead atoms. The number of imidazole rings is 1. The number of aromatic nitrogens is 5. The van der Waals surface area contributed by atoms with Crippen molar-refractivity contribution in [2.45, 2.75) is 52.4 Å². The zero-order chi connectivity index (χ0) is 26.9. The molecule has 2 aliphatic rings. The first-order valence-corrected chi connectivity index (χ1v) is 13.6. The molecule has 0 radical (unpaired) electrons. The fourth-order valence-corrected chi connectivity index (χ4v) is 5.62. The molecule has 0 aliphatic carbocycles. The van der Waals surface area contributed by atoms with Crippen LogP contribution < -0.4 is 14.5 Å². The molecule has 1 atom stereocenters. The standard InChI is InChI=1S/C29H34N8O2/c1-20(2)39-29-31-14-23(15-32-29)34-11-9-22-6-4-8-26(24(22)17-34)35-12-13-37(21(3)16-35)27(38)18-36-19-33-25-7-5-10-30-28(25)36/h4-8,10,14-15,19-21H,9,11-13,16-18H2,1-3H3/t21-/m1/s1. The van der Waals surface area contributed by atoms with Crippen LogP contribution in [0.25, 0.3) is 11.2 Å². The summed E-state index contributed by atoms with van der Waals surface area (Å²) >= 11 is 0. The van der Waals surface area contributed by atoms with Crippen LogP contribution >= 0.6 is 0 Å². The first-order valence-electron chi connectivity index (χ1n) is 13.6. The number of piperazine rings is 1. The van der Waals surface area contributed by atoms with E-state index in [0.29, 0.717) is 12.6 Å². The smallest absolute Gasteiger partial charge is 0.316 e. The van der Waals surface area contributed by atoms with Gasteiger partial charge in [0.25, 0.3) is 0 Å². The third-order valence-electron chi connectivity index (χ3n) is 7.54. The van der Waals surface area contributed by atoms with Gasteiger partial charge in [0.05, 0.1) is 30.5 Å². The van der Waals surface area contributed by atoms with Crippen LogP contribution in [0.4, 0.5) is 11.4 Å². The zero-order valence-electron chi connectivity index (χ0n) is 22.7. The molecule has 6 rings (SSSR count). The lowest BCUT2D eigenvalue weighted by Gasteiger charge is -2.43. The van der Waals surface area contributed by atoms with Crippen molar-refractivity contribution in [3.05, 3.63) is 66.4 Å². The van der Waals surface area contributed by atoms with Gasteiger partial charge >= 0.3 is 6.01 Å². The number of rotatable bonds is 6. The first kappa shape index (κ1) is 25.1. The molecule has 0 N–H and O–H groups in total. The molecule has 1 fully saturated rings. The van der Waals surface area contributed by atoms with Gasteiger partial charge in [0.1, 0.15) is 12.1 Å². The molecule has 5 heterocycles. The number of hydrogen-bond acceptors (Lipinski definition) is 8. The van der Waals surface area contributed by atoms with Gasteiger partial charge in [0.15, 0.2) is 5.65 Å². The van der Waals surface area contributed by atoms with E-state index in [-0.39, 0.29) is 24.6 Å². The number of amides is 1. The Balaban J connectivity index is 1.14. The predicted octanol–water partition coefficient (Wildman–Crippen LogP) is 3.31. The van der Waals surface area contributed by atoms with Crippen molar-refractivity contribution in [3.8, 4) is 6.01 Å². The van der Waals surface area contributed by atoms with Gasteiger partial charge < -0.3 is 24.0 Å². The minimum atomic E-state index is 0.0428. The average molecular weight is 527 g/mol. The van der Waals surface area contributed by atoms with Crippen molar-refractivity contribution < 1.29 is 9.53 Å². The number of carbonyl (C=O) groups excluding carboxylic acids is 1. The average Bonchev–Trinajstić information content (AvgIpc) is 3.35. The third kappa shape index (κ3) is 5.10. The molecule has 1 aromatic carbocycles. The molecule has 1 amide bonds. The SMILES string of the molecule is CC(C)Oc1ncc(N2CCc3cccc(N4CCN(C(=O)Cn5cnc6cccnc65)[C@H](C)C4)c3C2)cn1. The number of nitrogens with zero attached hydrogens (tertiary/aromatic N) is 8. The summed E-state index contributed by atoms with van der Waals surface area (Å²) in [6.07, 6.45) is 8.15. The van der Waals surface area contributed by atoms with E-state index >= 15 is 0 Å². The molecule has 2 aliphatic heterocycles. The van der Waals surface area contributed by atoms with Crippen molar-refractivity contribution in [1.82, 2.24) is 29.4 Å². The van der Waals surface area contributed by atoms with Gasteiger partial charge in [-0.25, -0.2) is 19.9 Å².